The van der Waals surface area contributed by atoms with E-state index in [1.54, 1.807) is 6.07 Å². The van der Waals surface area contributed by atoms with Crippen molar-refractivity contribution in [1.82, 2.24) is 0 Å². The molecule has 1 nitrogen and oxygen atoms in total. The van der Waals surface area contributed by atoms with Crippen LogP contribution in [0.3, 0.4) is 0 Å². The number of halogens is 3. The fourth-order valence-corrected chi connectivity index (χ4v) is 2.77. The van der Waals surface area contributed by atoms with E-state index in [9.17, 15) is 4.39 Å². The molecular formula is C15H14Br2FN. The van der Waals surface area contributed by atoms with E-state index < -0.39 is 0 Å². The molecule has 0 fully saturated rings. The quantitative estimate of drug-likeness (QED) is 0.699. The maximum atomic E-state index is 13.6. The molecule has 0 saturated carbocycles. The van der Waals surface area contributed by atoms with Crippen LogP contribution < -0.4 is 5.32 Å². The maximum Gasteiger partial charge on any atom is 0.139 e. The minimum Gasteiger partial charge on any atom is -0.378 e. The summed E-state index contributed by atoms with van der Waals surface area (Å²) in [5.74, 6) is -0.255. The number of rotatable bonds is 3. The summed E-state index contributed by atoms with van der Waals surface area (Å²) in [7, 11) is 0. The van der Waals surface area contributed by atoms with Crippen LogP contribution in [0.25, 0.3) is 0 Å². The Labute approximate surface area is 129 Å². The van der Waals surface area contributed by atoms with E-state index in [1.165, 1.54) is 6.07 Å². The monoisotopic (exact) mass is 385 g/mol. The molecule has 1 atom stereocenters. The minimum atomic E-state index is -0.255. The molecule has 1 N–H and O–H groups in total. The van der Waals surface area contributed by atoms with Crippen molar-refractivity contribution in [2.45, 2.75) is 19.9 Å². The second-order valence-electron chi connectivity index (χ2n) is 4.50. The van der Waals surface area contributed by atoms with E-state index in [-0.39, 0.29) is 11.9 Å². The largest absolute Gasteiger partial charge is 0.378 e. The van der Waals surface area contributed by atoms with Gasteiger partial charge in [-0.15, -0.1) is 0 Å². The first-order valence-corrected chi connectivity index (χ1v) is 7.53. The summed E-state index contributed by atoms with van der Waals surface area (Å²) in [6, 6.07) is 11.5. The van der Waals surface area contributed by atoms with Gasteiger partial charge in [0.2, 0.25) is 0 Å². The zero-order valence-corrected chi connectivity index (χ0v) is 13.8. The van der Waals surface area contributed by atoms with Crippen molar-refractivity contribution in [2.24, 2.45) is 0 Å². The lowest BCUT2D eigenvalue weighted by Crippen LogP contribution is -2.08. The molecule has 1 unspecified atom stereocenters. The van der Waals surface area contributed by atoms with Gasteiger partial charge in [-0.3, -0.25) is 0 Å². The Morgan fingerprint density at radius 2 is 1.89 bits per heavy atom. The molecule has 4 heteroatoms. The van der Waals surface area contributed by atoms with Gasteiger partial charge in [0, 0.05) is 16.2 Å². The summed E-state index contributed by atoms with van der Waals surface area (Å²) >= 11 is 6.65. The Kier molecular flexibility index (Phi) is 4.63. The van der Waals surface area contributed by atoms with E-state index in [0.717, 1.165) is 21.3 Å². The summed E-state index contributed by atoms with van der Waals surface area (Å²) in [5.41, 5.74) is 2.97. The van der Waals surface area contributed by atoms with Gasteiger partial charge in [0.15, 0.2) is 0 Å². The van der Waals surface area contributed by atoms with Crippen LogP contribution in [0.1, 0.15) is 24.1 Å². The van der Waals surface area contributed by atoms with E-state index in [0.29, 0.717) is 4.47 Å². The van der Waals surface area contributed by atoms with E-state index in [4.69, 9.17) is 0 Å². The topological polar surface area (TPSA) is 12.0 Å². The molecule has 2 rings (SSSR count). The fourth-order valence-electron chi connectivity index (χ4n) is 1.89. The summed E-state index contributed by atoms with van der Waals surface area (Å²) in [6.45, 7) is 4.02. The van der Waals surface area contributed by atoms with Gasteiger partial charge in [-0.1, -0.05) is 28.1 Å². The molecule has 2 aromatic carbocycles. The highest BCUT2D eigenvalue weighted by molar-refractivity contribution is 9.10. The van der Waals surface area contributed by atoms with Crippen molar-refractivity contribution >= 4 is 37.5 Å². The first kappa shape index (κ1) is 14.5. The number of nitrogens with one attached hydrogen (secondary N) is 1. The average molecular weight is 387 g/mol. The van der Waals surface area contributed by atoms with E-state index in [1.807, 2.05) is 25.1 Å². The van der Waals surface area contributed by atoms with Crippen LogP contribution in [0, 0.1) is 12.7 Å². The van der Waals surface area contributed by atoms with E-state index >= 15 is 0 Å². The maximum absolute atomic E-state index is 13.6. The van der Waals surface area contributed by atoms with Crippen molar-refractivity contribution in [3.63, 3.8) is 0 Å². The summed E-state index contributed by atoms with van der Waals surface area (Å²) < 4.78 is 15.1. The molecule has 0 heterocycles. The highest BCUT2D eigenvalue weighted by atomic mass is 79.9. The molecule has 0 amide bonds. The molecule has 0 aliphatic rings. The molecule has 0 aliphatic heterocycles. The third-order valence-electron chi connectivity index (χ3n) is 2.99. The molecule has 0 spiro atoms. The minimum absolute atomic E-state index is 0.108. The van der Waals surface area contributed by atoms with Gasteiger partial charge in [-0.2, -0.15) is 0 Å². The van der Waals surface area contributed by atoms with Gasteiger partial charge >= 0.3 is 0 Å². The van der Waals surface area contributed by atoms with Gasteiger partial charge < -0.3 is 5.32 Å². The van der Waals surface area contributed by atoms with E-state index in [2.05, 4.69) is 50.2 Å². The Hall–Kier alpha value is -0.870. The Morgan fingerprint density at radius 3 is 2.58 bits per heavy atom. The van der Waals surface area contributed by atoms with Crippen LogP contribution in [0.2, 0.25) is 0 Å². The second-order valence-corrected chi connectivity index (χ2v) is 6.27. The van der Waals surface area contributed by atoms with Gasteiger partial charge in [-0.05, 0) is 65.2 Å². The number of hydrogen-bond acceptors (Lipinski definition) is 1. The SMILES string of the molecule is Cc1cc(Br)c(F)cc1NC(C)c1cccc(Br)c1. The third kappa shape index (κ3) is 3.57. The lowest BCUT2D eigenvalue weighted by atomic mass is 10.1. The molecule has 0 radical (unpaired) electrons. The van der Waals surface area contributed by atoms with Crippen molar-refractivity contribution in [3.05, 3.63) is 62.3 Å². The molecule has 0 bridgehead atoms. The van der Waals surface area contributed by atoms with Crippen molar-refractivity contribution in [3.8, 4) is 0 Å². The summed E-state index contributed by atoms with van der Waals surface area (Å²) in [5, 5.41) is 3.34. The normalized spacial score (nSPS) is 12.3. The molecular weight excluding hydrogens is 373 g/mol. The molecule has 0 aliphatic carbocycles. The van der Waals surface area contributed by atoms with Crippen LogP contribution >= 0.6 is 31.9 Å². The van der Waals surface area contributed by atoms with Crippen LogP contribution in [0.15, 0.2) is 45.3 Å². The van der Waals surface area contributed by atoms with Crippen molar-refractivity contribution in [2.75, 3.05) is 5.32 Å². The first-order chi connectivity index (χ1) is 8.97. The van der Waals surface area contributed by atoms with Crippen molar-refractivity contribution < 1.29 is 4.39 Å². The van der Waals surface area contributed by atoms with Gasteiger partial charge in [-0.25, -0.2) is 4.39 Å². The number of anilines is 1. The van der Waals surface area contributed by atoms with Crippen LogP contribution in [0.5, 0.6) is 0 Å². The van der Waals surface area contributed by atoms with Gasteiger partial charge in [0.1, 0.15) is 5.82 Å². The third-order valence-corrected chi connectivity index (χ3v) is 4.09. The fraction of sp³-hybridized carbons (Fsp3) is 0.200. The average Bonchev–Trinajstić information content (AvgIpc) is 2.36. The zero-order valence-electron chi connectivity index (χ0n) is 10.7. The lowest BCUT2D eigenvalue weighted by molar-refractivity contribution is 0.620. The zero-order chi connectivity index (χ0) is 14.0. The summed E-state index contributed by atoms with van der Waals surface area (Å²) in [6.07, 6.45) is 0. The smallest absolute Gasteiger partial charge is 0.139 e. The Balaban J connectivity index is 2.24. The number of hydrogen-bond donors (Lipinski definition) is 1. The van der Waals surface area contributed by atoms with Crippen LogP contribution in [-0.4, -0.2) is 0 Å². The summed E-state index contributed by atoms with van der Waals surface area (Å²) in [4.78, 5) is 0. The second kappa shape index (κ2) is 6.06. The van der Waals surface area contributed by atoms with Crippen LogP contribution in [0.4, 0.5) is 10.1 Å². The molecule has 0 saturated heterocycles. The molecule has 19 heavy (non-hydrogen) atoms. The Bertz CT molecular complexity index is 599. The lowest BCUT2D eigenvalue weighted by Gasteiger charge is -2.18. The number of benzene rings is 2. The van der Waals surface area contributed by atoms with Gasteiger partial charge in [0.25, 0.3) is 0 Å². The van der Waals surface area contributed by atoms with Crippen LogP contribution in [-0.2, 0) is 0 Å². The molecule has 2 aromatic rings. The molecule has 100 valence electrons. The Morgan fingerprint density at radius 1 is 1.16 bits per heavy atom. The highest BCUT2D eigenvalue weighted by Crippen LogP contribution is 2.28. The standard InChI is InChI=1S/C15H14Br2FN/c1-9-6-13(17)14(18)8-15(9)19-10(2)11-4-3-5-12(16)7-11/h3-8,10,19H,1-2H3. The predicted molar refractivity (Wildman–Crippen MR) is 85.0 cm³/mol. The van der Waals surface area contributed by atoms with Crippen molar-refractivity contribution in [1.29, 1.82) is 0 Å². The predicted octanol–water partition coefficient (Wildman–Crippen LogP) is 5.83. The first-order valence-electron chi connectivity index (χ1n) is 5.95. The van der Waals surface area contributed by atoms with Gasteiger partial charge in [0.05, 0.1) is 4.47 Å². The molecule has 0 aromatic heterocycles. The highest BCUT2D eigenvalue weighted by Gasteiger charge is 2.10. The number of aryl methyl sites for hydroxylation is 1.